The van der Waals surface area contributed by atoms with Crippen molar-refractivity contribution in [1.29, 1.82) is 0 Å². The highest BCUT2D eigenvalue weighted by molar-refractivity contribution is 5.77. The molecule has 0 N–H and O–H groups in total. The van der Waals surface area contributed by atoms with Gasteiger partial charge in [0.1, 0.15) is 0 Å². The van der Waals surface area contributed by atoms with Crippen LogP contribution in [0.25, 0.3) is 10.9 Å². The van der Waals surface area contributed by atoms with Crippen LogP contribution in [0.1, 0.15) is 44.1 Å². The Morgan fingerprint density at radius 1 is 1.17 bits per heavy atom. The van der Waals surface area contributed by atoms with E-state index in [9.17, 15) is 4.79 Å². The number of benzene rings is 1. The van der Waals surface area contributed by atoms with Crippen LogP contribution in [0.4, 0.5) is 0 Å². The van der Waals surface area contributed by atoms with Crippen LogP contribution in [-0.4, -0.2) is 33.6 Å². The summed E-state index contributed by atoms with van der Waals surface area (Å²) in [6.07, 6.45) is 9.53. The molecule has 2 aromatic rings. The quantitative estimate of drug-likeness (QED) is 0.868. The van der Waals surface area contributed by atoms with E-state index in [1.54, 1.807) is 6.33 Å². The summed E-state index contributed by atoms with van der Waals surface area (Å²) in [5.74, 6) is 0.736. The van der Waals surface area contributed by atoms with Crippen LogP contribution in [0, 0.1) is 12.8 Å². The number of aryl methyl sites for hydroxylation is 2. The van der Waals surface area contributed by atoms with Gasteiger partial charge in [-0.25, -0.2) is 4.98 Å². The standard InChI is InChI=1S/C20H27N3O/c1-15-7-8-17-18(13-15)21-14-23(20(17)24)12-9-16-5-4-11-22-10-3-2-6-19(16)22/h7-8,13-14,16,19H,2-6,9-12H2,1H3/t16-,19+/m0/s1. The molecule has 4 nitrogen and oxygen atoms in total. The van der Waals surface area contributed by atoms with Gasteiger partial charge >= 0.3 is 0 Å². The minimum absolute atomic E-state index is 0.108. The molecule has 2 aliphatic heterocycles. The van der Waals surface area contributed by atoms with Crippen LogP contribution in [-0.2, 0) is 6.54 Å². The predicted molar refractivity (Wildman–Crippen MR) is 97.3 cm³/mol. The van der Waals surface area contributed by atoms with Gasteiger partial charge in [-0.3, -0.25) is 9.36 Å². The second kappa shape index (κ2) is 6.67. The van der Waals surface area contributed by atoms with Gasteiger partial charge in [-0.1, -0.05) is 12.5 Å². The topological polar surface area (TPSA) is 38.1 Å². The number of aromatic nitrogens is 2. The third-order valence-electron chi connectivity index (χ3n) is 5.95. The maximum Gasteiger partial charge on any atom is 0.261 e. The van der Waals surface area contributed by atoms with Gasteiger partial charge in [0.05, 0.1) is 17.2 Å². The van der Waals surface area contributed by atoms with Gasteiger partial charge < -0.3 is 4.90 Å². The first kappa shape index (κ1) is 15.8. The third-order valence-corrected chi connectivity index (χ3v) is 5.95. The number of hydrogen-bond donors (Lipinski definition) is 0. The lowest BCUT2D eigenvalue weighted by Crippen LogP contribution is -2.48. The second-order valence-electron chi connectivity index (χ2n) is 7.55. The van der Waals surface area contributed by atoms with E-state index < -0.39 is 0 Å². The molecule has 3 heterocycles. The van der Waals surface area contributed by atoms with Crippen LogP contribution in [0.15, 0.2) is 29.3 Å². The Morgan fingerprint density at radius 2 is 2.04 bits per heavy atom. The smallest absolute Gasteiger partial charge is 0.261 e. The molecule has 0 spiro atoms. The molecule has 1 aromatic carbocycles. The average Bonchev–Trinajstić information content (AvgIpc) is 2.61. The molecule has 24 heavy (non-hydrogen) atoms. The van der Waals surface area contributed by atoms with E-state index in [4.69, 9.17) is 0 Å². The Kier molecular flexibility index (Phi) is 4.40. The van der Waals surface area contributed by atoms with Gasteiger partial charge in [0, 0.05) is 12.6 Å². The van der Waals surface area contributed by atoms with Crippen molar-refractivity contribution in [2.45, 2.75) is 58.0 Å². The second-order valence-corrected chi connectivity index (χ2v) is 7.55. The molecular weight excluding hydrogens is 298 g/mol. The maximum absolute atomic E-state index is 12.7. The Bertz CT molecular complexity index is 780. The molecule has 2 saturated heterocycles. The summed E-state index contributed by atoms with van der Waals surface area (Å²) in [4.78, 5) is 19.9. The summed E-state index contributed by atoms with van der Waals surface area (Å²) in [6, 6.07) is 6.65. The van der Waals surface area contributed by atoms with Gasteiger partial charge in [-0.05, 0) is 75.7 Å². The number of rotatable bonds is 3. The fourth-order valence-electron chi connectivity index (χ4n) is 4.65. The van der Waals surface area contributed by atoms with Gasteiger partial charge in [-0.15, -0.1) is 0 Å². The van der Waals surface area contributed by atoms with E-state index in [0.29, 0.717) is 0 Å². The van der Waals surface area contributed by atoms with Crippen LogP contribution >= 0.6 is 0 Å². The minimum Gasteiger partial charge on any atom is -0.300 e. The molecule has 2 fully saturated rings. The summed E-state index contributed by atoms with van der Waals surface area (Å²) in [6.45, 7) is 5.38. The maximum atomic E-state index is 12.7. The molecule has 2 atom stereocenters. The van der Waals surface area contributed by atoms with Crippen LogP contribution in [0.3, 0.4) is 0 Å². The average molecular weight is 325 g/mol. The first-order chi connectivity index (χ1) is 11.7. The Labute approximate surface area is 143 Å². The lowest BCUT2D eigenvalue weighted by Gasteiger charge is -2.44. The summed E-state index contributed by atoms with van der Waals surface area (Å²) in [5.41, 5.74) is 2.07. The first-order valence-corrected chi connectivity index (χ1v) is 9.42. The molecule has 1 aromatic heterocycles. The molecular formula is C20H27N3O. The van der Waals surface area contributed by atoms with Gasteiger partial charge in [0.25, 0.3) is 5.56 Å². The fraction of sp³-hybridized carbons (Fsp3) is 0.600. The van der Waals surface area contributed by atoms with Gasteiger partial charge in [-0.2, -0.15) is 0 Å². The third kappa shape index (κ3) is 3.00. The molecule has 0 amide bonds. The summed E-state index contributed by atoms with van der Waals surface area (Å²) in [7, 11) is 0. The molecule has 0 radical (unpaired) electrons. The van der Waals surface area contributed by atoms with Crippen LogP contribution < -0.4 is 5.56 Å². The SMILES string of the molecule is Cc1ccc2c(=O)n(CC[C@@H]3CCCN4CCCC[C@H]34)cnc2c1. The monoisotopic (exact) mass is 325 g/mol. The highest BCUT2D eigenvalue weighted by Gasteiger charge is 2.32. The highest BCUT2D eigenvalue weighted by atomic mass is 16.1. The van der Waals surface area contributed by atoms with Crippen molar-refractivity contribution >= 4 is 10.9 Å². The fourth-order valence-corrected chi connectivity index (χ4v) is 4.65. The number of fused-ring (bicyclic) bond motifs is 2. The Hall–Kier alpha value is -1.68. The number of piperidine rings is 2. The van der Waals surface area contributed by atoms with E-state index in [0.717, 1.165) is 41.4 Å². The largest absolute Gasteiger partial charge is 0.300 e. The van der Waals surface area contributed by atoms with Gasteiger partial charge in [0.15, 0.2) is 0 Å². The highest BCUT2D eigenvalue weighted by Crippen LogP contribution is 2.32. The van der Waals surface area contributed by atoms with Crippen molar-refractivity contribution < 1.29 is 0 Å². The van der Waals surface area contributed by atoms with E-state index >= 15 is 0 Å². The predicted octanol–water partition coefficient (Wildman–Crippen LogP) is 3.36. The van der Waals surface area contributed by atoms with Crippen LogP contribution in [0.5, 0.6) is 0 Å². The van der Waals surface area contributed by atoms with Crippen molar-refractivity contribution in [3.8, 4) is 0 Å². The molecule has 4 rings (SSSR count). The molecule has 0 unspecified atom stereocenters. The molecule has 0 aliphatic carbocycles. The van der Waals surface area contributed by atoms with Crippen molar-refractivity contribution in [2.24, 2.45) is 5.92 Å². The Morgan fingerprint density at radius 3 is 2.96 bits per heavy atom. The molecule has 128 valence electrons. The minimum atomic E-state index is 0.108. The van der Waals surface area contributed by atoms with Gasteiger partial charge in [0.2, 0.25) is 0 Å². The molecule has 4 heteroatoms. The summed E-state index contributed by atoms with van der Waals surface area (Å²) >= 11 is 0. The zero-order chi connectivity index (χ0) is 16.5. The Balaban J connectivity index is 1.51. The van der Waals surface area contributed by atoms with E-state index in [-0.39, 0.29) is 5.56 Å². The zero-order valence-electron chi connectivity index (χ0n) is 14.6. The summed E-state index contributed by atoms with van der Waals surface area (Å²) in [5, 5.41) is 0.742. The number of nitrogens with zero attached hydrogens (tertiary/aromatic N) is 3. The zero-order valence-corrected chi connectivity index (χ0v) is 14.6. The van der Waals surface area contributed by atoms with E-state index in [2.05, 4.69) is 9.88 Å². The van der Waals surface area contributed by atoms with E-state index in [1.807, 2.05) is 29.7 Å². The molecule has 0 saturated carbocycles. The summed E-state index contributed by atoms with van der Waals surface area (Å²) < 4.78 is 1.82. The molecule has 0 bridgehead atoms. The lowest BCUT2D eigenvalue weighted by molar-refractivity contribution is 0.0538. The van der Waals surface area contributed by atoms with Crippen molar-refractivity contribution in [1.82, 2.24) is 14.5 Å². The van der Waals surface area contributed by atoms with Crippen molar-refractivity contribution in [3.05, 3.63) is 40.4 Å². The molecule has 2 aliphatic rings. The van der Waals surface area contributed by atoms with E-state index in [1.165, 1.54) is 45.2 Å². The normalized spacial score (nSPS) is 24.9. The van der Waals surface area contributed by atoms with Crippen molar-refractivity contribution in [3.63, 3.8) is 0 Å². The van der Waals surface area contributed by atoms with Crippen LogP contribution in [0.2, 0.25) is 0 Å². The van der Waals surface area contributed by atoms with Crippen molar-refractivity contribution in [2.75, 3.05) is 13.1 Å². The number of hydrogen-bond acceptors (Lipinski definition) is 3. The lowest BCUT2D eigenvalue weighted by atomic mass is 9.81. The first-order valence-electron chi connectivity index (χ1n) is 9.42.